The zero-order valence-electron chi connectivity index (χ0n) is 24.2. The van der Waals surface area contributed by atoms with Gasteiger partial charge in [0.25, 0.3) is 0 Å². The highest BCUT2D eigenvalue weighted by Gasteiger charge is 2.36. The Morgan fingerprint density at radius 1 is 0.929 bits per heavy atom. The predicted molar refractivity (Wildman–Crippen MR) is 160 cm³/mol. The minimum absolute atomic E-state index is 0.0233. The molecule has 3 aromatic carbocycles. The summed E-state index contributed by atoms with van der Waals surface area (Å²) in [6, 6.07) is 19.1. The van der Waals surface area contributed by atoms with E-state index in [4.69, 9.17) is 9.47 Å². The Labute approximate surface area is 247 Å². The zero-order valence-corrected chi connectivity index (χ0v) is 24.2. The summed E-state index contributed by atoms with van der Waals surface area (Å²) in [6.07, 6.45) is 4.07. The monoisotopic (exact) mass is 569 g/mol. The molecule has 0 radical (unpaired) electrons. The van der Waals surface area contributed by atoms with Gasteiger partial charge in [0, 0.05) is 25.4 Å². The predicted octanol–water partition coefficient (Wildman–Crippen LogP) is 4.83. The third kappa shape index (κ3) is 6.23. The van der Waals surface area contributed by atoms with Crippen molar-refractivity contribution < 1.29 is 24.2 Å². The van der Waals surface area contributed by atoms with Gasteiger partial charge < -0.3 is 29.7 Å². The lowest BCUT2D eigenvalue weighted by Crippen LogP contribution is -2.46. The van der Waals surface area contributed by atoms with E-state index in [1.807, 2.05) is 30.3 Å². The summed E-state index contributed by atoms with van der Waals surface area (Å²) in [4.78, 5) is 30.7. The molecule has 6 aliphatic heterocycles. The largest absolute Gasteiger partial charge is 0.504 e. The molecule has 8 heteroatoms. The molecule has 2 N–H and O–H groups in total. The molecule has 9 rings (SSSR count). The highest BCUT2D eigenvalue weighted by molar-refractivity contribution is 5.80. The van der Waals surface area contributed by atoms with Crippen molar-refractivity contribution in [2.75, 3.05) is 39.8 Å². The van der Waals surface area contributed by atoms with Gasteiger partial charge in [0.15, 0.2) is 11.5 Å². The summed E-state index contributed by atoms with van der Waals surface area (Å²) >= 11 is 0. The number of hydrogen-bond acceptors (Lipinski definition) is 6. The number of likely N-dealkylation sites (tertiary alicyclic amines) is 1. The number of ether oxygens (including phenoxy) is 2. The highest BCUT2D eigenvalue weighted by Crippen LogP contribution is 2.40. The van der Waals surface area contributed by atoms with E-state index in [1.54, 1.807) is 12.1 Å². The molecule has 42 heavy (non-hydrogen) atoms. The Balaban J connectivity index is 1.35. The molecule has 6 heterocycles. The summed E-state index contributed by atoms with van der Waals surface area (Å²) in [5.74, 6) is 2.04. The van der Waals surface area contributed by atoms with Crippen LogP contribution in [0.1, 0.15) is 54.0 Å². The molecule has 220 valence electrons. The van der Waals surface area contributed by atoms with Crippen molar-refractivity contribution in [1.82, 2.24) is 15.1 Å². The summed E-state index contributed by atoms with van der Waals surface area (Å²) < 4.78 is 12.1. The lowest BCUT2D eigenvalue weighted by molar-refractivity contribution is -0.139. The molecule has 8 nitrogen and oxygen atoms in total. The fraction of sp³-hybridized carbons (Fsp3) is 0.412. The topological polar surface area (TPSA) is 91.3 Å². The molecule has 1 atom stereocenters. The van der Waals surface area contributed by atoms with Crippen molar-refractivity contribution in [3.63, 3.8) is 0 Å². The van der Waals surface area contributed by atoms with E-state index in [-0.39, 0.29) is 29.5 Å². The van der Waals surface area contributed by atoms with Gasteiger partial charge in [-0.25, -0.2) is 0 Å². The third-order valence-electron chi connectivity index (χ3n) is 8.69. The van der Waals surface area contributed by atoms with Gasteiger partial charge >= 0.3 is 0 Å². The van der Waals surface area contributed by atoms with Crippen LogP contribution in [0.4, 0.5) is 0 Å². The average molecular weight is 570 g/mol. The van der Waals surface area contributed by atoms with Crippen molar-refractivity contribution >= 4 is 11.8 Å². The van der Waals surface area contributed by atoms with Crippen LogP contribution in [0.5, 0.6) is 23.0 Å². The van der Waals surface area contributed by atoms with Gasteiger partial charge in [-0.1, -0.05) is 24.3 Å². The van der Waals surface area contributed by atoms with Gasteiger partial charge in [0.1, 0.15) is 11.5 Å². The molecule has 8 bridgehead atoms. The van der Waals surface area contributed by atoms with Crippen molar-refractivity contribution in [2.24, 2.45) is 5.92 Å². The third-order valence-corrected chi connectivity index (χ3v) is 8.69. The van der Waals surface area contributed by atoms with Crippen LogP contribution in [0.2, 0.25) is 0 Å². The maximum atomic E-state index is 14.0. The standard InChI is InChI=1S/C34H39N3O5/c1-36-17-13-25(14-18-36)34(40)37-19-15-26-22-28-9-10-29(26)33(37)24-5-7-27(8-6-24)41-20-2-16-35-32(39)12-4-23-3-11-30(38)31(21-23)42-28/h3,5-11,21-22,25,33,38H,2,4,12-20H2,1H3,(H,35,39). The first-order valence-electron chi connectivity index (χ1n) is 15.1. The van der Waals surface area contributed by atoms with Gasteiger partial charge in [-0.15, -0.1) is 0 Å². The van der Waals surface area contributed by atoms with E-state index in [0.717, 1.165) is 60.4 Å². The Kier molecular flexibility index (Phi) is 8.33. The molecule has 0 aromatic heterocycles. The first-order chi connectivity index (χ1) is 20.4. The first-order valence-corrected chi connectivity index (χ1v) is 15.1. The number of nitrogens with zero attached hydrogens (tertiary/aromatic N) is 2. The SMILES string of the molecule is CN1CCC(C(=O)N2CCc3cc4ccc3C2c2ccc(cc2)OCCCNC(=O)CCc2ccc(O)c(c2)O4)CC1. The number of carbonyl (C=O) groups excluding carboxylic acids is 2. The summed E-state index contributed by atoms with van der Waals surface area (Å²) in [5.41, 5.74) is 4.18. The lowest BCUT2D eigenvalue weighted by atomic mass is 9.86. The fourth-order valence-electron chi connectivity index (χ4n) is 6.26. The summed E-state index contributed by atoms with van der Waals surface area (Å²) in [6.45, 7) is 3.54. The number of piperidine rings is 1. The number of rotatable bonds is 1. The molecule has 3 aromatic rings. The smallest absolute Gasteiger partial charge is 0.226 e. The minimum Gasteiger partial charge on any atom is -0.504 e. The number of carbonyl (C=O) groups is 2. The second kappa shape index (κ2) is 12.4. The lowest BCUT2D eigenvalue weighted by Gasteiger charge is -2.41. The minimum atomic E-state index is -0.204. The summed E-state index contributed by atoms with van der Waals surface area (Å²) in [7, 11) is 2.11. The van der Waals surface area contributed by atoms with Gasteiger partial charge in [0.2, 0.25) is 11.8 Å². The fourth-order valence-corrected chi connectivity index (χ4v) is 6.26. The maximum absolute atomic E-state index is 14.0. The van der Waals surface area contributed by atoms with Gasteiger partial charge in [-0.05, 0) is 111 Å². The van der Waals surface area contributed by atoms with Crippen molar-refractivity contribution in [2.45, 2.75) is 44.6 Å². The van der Waals surface area contributed by atoms with Gasteiger partial charge in [0.05, 0.1) is 12.6 Å². The molecule has 1 saturated heterocycles. The second-order valence-electron chi connectivity index (χ2n) is 11.6. The number of phenolic OH excluding ortho intramolecular Hbond substituents is 1. The van der Waals surface area contributed by atoms with Gasteiger partial charge in [-0.3, -0.25) is 9.59 Å². The van der Waals surface area contributed by atoms with Gasteiger partial charge in [-0.2, -0.15) is 0 Å². The molecule has 0 saturated carbocycles. The summed E-state index contributed by atoms with van der Waals surface area (Å²) in [5, 5.41) is 13.5. The molecule has 0 spiro atoms. The normalized spacial score (nSPS) is 20.3. The first kappa shape index (κ1) is 28.1. The number of benzene rings is 3. The van der Waals surface area contributed by atoms with Crippen LogP contribution in [-0.2, 0) is 22.4 Å². The number of hydrogen-bond donors (Lipinski definition) is 2. The number of nitrogens with one attached hydrogen (secondary N) is 1. The van der Waals surface area contributed by atoms with Crippen LogP contribution in [-0.4, -0.2) is 66.6 Å². The number of aryl methyl sites for hydroxylation is 1. The molecule has 1 unspecified atom stereocenters. The molecule has 6 aliphatic rings. The Bertz CT molecular complexity index is 1430. The van der Waals surface area contributed by atoms with Crippen LogP contribution in [0.25, 0.3) is 0 Å². The van der Waals surface area contributed by atoms with Crippen molar-refractivity contribution in [1.29, 1.82) is 0 Å². The van der Waals surface area contributed by atoms with Crippen LogP contribution < -0.4 is 14.8 Å². The molecular weight excluding hydrogens is 530 g/mol. The molecule has 0 aliphatic carbocycles. The van der Waals surface area contributed by atoms with Crippen LogP contribution >= 0.6 is 0 Å². The number of aromatic hydroxyl groups is 1. The molecular formula is C34H39N3O5. The Morgan fingerprint density at radius 3 is 2.52 bits per heavy atom. The van der Waals surface area contributed by atoms with Crippen LogP contribution in [0, 0.1) is 5.92 Å². The van der Waals surface area contributed by atoms with E-state index in [9.17, 15) is 14.7 Å². The molecule has 2 amide bonds. The van der Waals surface area contributed by atoms with E-state index < -0.39 is 0 Å². The second-order valence-corrected chi connectivity index (χ2v) is 11.6. The van der Waals surface area contributed by atoms with E-state index in [0.29, 0.717) is 50.5 Å². The zero-order chi connectivity index (χ0) is 29.1. The number of phenols is 1. The Morgan fingerprint density at radius 2 is 1.71 bits per heavy atom. The van der Waals surface area contributed by atoms with Crippen LogP contribution in [0.3, 0.4) is 0 Å². The van der Waals surface area contributed by atoms with E-state index >= 15 is 0 Å². The molecule has 1 fully saturated rings. The maximum Gasteiger partial charge on any atom is 0.226 e. The van der Waals surface area contributed by atoms with E-state index in [1.165, 1.54) is 0 Å². The average Bonchev–Trinajstić information content (AvgIpc) is 3.00. The van der Waals surface area contributed by atoms with E-state index in [2.05, 4.69) is 40.4 Å². The highest BCUT2D eigenvalue weighted by atomic mass is 16.5. The number of amides is 2. The van der Waals surface area contributed by atoms with Crippen molar-refractivity contribution in [3.05, 3.63) is 82.9 Å². The van der Waals surface area contributed by atoms with Crippen molar-refractivity contribution in [3.8, 4) is 23.0 Å². The Hall–Kier alpha value is -4.04. The quantitative estimate of drug-likeness (QED) is 0.436. The van der Waals surface area contributed by atoms with Crippen LogP contribution in [0.15, 0.2) is 60.7 Å².